The summed E-state index contributed by atoms with van der Waals surface area (Å²) in [4.78, 5) is 25.8. The Morgan fingerprint density at radius 3 is 1.17 bits per heavy atom. The molecule has 0 aromatic heterocycles. The fourth-order valence-electron chi connectivity index (χ4n) is 6.85. The fourth-order valence-corrected chi connectivity index (χ4v) is 6.85. The standard InChI is InChI=1S/C51H74O2/c1-38(2)20-13-21-39(3)22-14-23-40(4)24-15-25-41(5)26-16-27-42(6)28-17-29-43(7)30-18-31-44(8)32-19-33-45(9)36-37-47-46(10)50(52)48-34-11-12-35-49(48)51(47)53/h11-12,22,24,26,28,30,32,34-36,38H,13-21,23,25,27,29,31,33,37H2,1-10H3/b39-22+,40-24+,41-26+,42-28+,43-30+,44-32+,45-36+. The normalized spacial score (nSPS) is 15.6. The summed E-state index contributed by atoms with van der Waals surface area (Å²) in [5, 5.41) is 0. The lowest BCUT2D eigenvalue weighted by Crippen LogP contribution is -2.20. The van der Waals surface area contributed by atoms with Gasteiger partial charge in [-0.3, -0.25) is 9.59 Å². The van der Waals surface area contributed by atoms with Crippen LogP contribution < -0.4 is 0 Å². The third-order valence-corrected chi connectivity index (χ3v) is 10.7. The molecule has 0 amide bonds. The van der Waals surface area contributed by atoms with Gasteiger partial charge in [-0.2, -0.15) is 0 Å². The Balaban J connectivity index is 1.62. The topological polar surface area (TPSA) is 34.1 Å². The molecule has 2 heteroatoms. The highest BCUT2D eigenvalue weighted by molar-refractivity contribution is 6.26. The van der Waals surface area contributed by atoms with Gasteiger partial charge in [-0.15, -0.1) is 0 Å². The van der Waals surface area contributed by atoms with Gasteiger partial charge in [-0.25, -0.2) is 0 Å². The second-order valence-electron chi connectivity index (χ2n) is 16.4. The molecule has 0 spiro atoms. The van der Waals surface area contributed by atoms with Crippen molar-refractivity contribution in [1.29, 1.82) is 0 Å². The van der Waals surface area contributed by atoms with Crippen LogP contribution in [0.2, 0.25) is 0 Å². The summed E-state index contributed by atoms with van der Waals surface area (Å²) in [6.07, 6.45) is 34.5. The lowest BCUT2D eigenvalue weighted by Gasteiger charge is -2.18. The Hall–Kier alpha value is -3.52. The van der Waals surface area contributed by atoms with E-state index < -0.39 is 0 Å². The van der Waals surface area contributed by atoms with Crippen LogP contribution in [0, 0.1) is 5.92 Å². The Morgan fingerprint density at radius 2 is 0.811 bits per heavy atom. The van der Waals surface area contributed by atoms with E-state index in [-0.39, 0.29) is 11.6 Å². The van der Waals surface area contributed by atoms with Gasteiger partial charge in [0.25, 0.3) is 0 Å². The van der Waals surface area contributed by atoms with Gasteiger partial charge in [0.1, 0.15) is 0 Å². The molecule has 1 aromatic rings. The molecular formula is C51H74O2. The Kier molecular flexibility index (Phi) is 21.9. The van der Waals surface area contributed by atoms with Gasteiger partial charge < -0.3 is 0 Å². The van der Waals surface area contributed by atoms with Gasteiger partial charge in [0, 0.05) is 22.3 Å². The predicted molar refractivity (Wildman–Crippen MR) is 233 cm³/mol. The van der Waals surface area contributed by atoms with E-state index in [0.717, 1.165) is 63.7 Å². The van der Waals surface area contributed by atoms with Crippen molar-refractivity contribution < 1.29 is 9.59 Å². The minimum atomic E-state index is -0.0222. The van der Waals surface area contributed by atoms with E-state index in [1.807, 2.05) is 12.1 Å². The predicted octanol–water partition coefficient (Wildman–Crippen LogP) is 15.9. The zero-order valence-electron chi connectivity index (χ0n) is 35.6. The first-order chi connectivity index (χ1) is 25.3. The minimum Gasteiger partial charge on any atom is -0.289 e. The number of Topliss-reactive ketones (excluding diaryl/α,β-unsaturated/α-hetero) is 2. The van der Waals surface area contributed by atoms with Gasteiger partial charge in [-0.05, 0) is 158 Å². The molecule has 0 atom stereocenters. The molecule has 0 radical (unpaired) electrons. The molecule has 0 unspecified atom stereocenters. The molecule has 53 heavy (non-hydrogen) atoms. The highest BCUT2D eigenvalue weighted by Gasteiger charge is 2.28. The lowest BCUT2D eigenvalue weighted by molar-refractivity contribution is 0.0973. The molecule has 0 saturated carbocycles. The second kappa shape index (κ2) is 25.5. The third kappa shape index (κ3) is 18.9. The van der Waals surface area contributed by atoms with Crippen LogP contribution >= 0.6 is 0 Å². The first-order valence-electron chi connectivity index (χ1n) is 20.8. The Morgan fingerprint density at radius 1 is 0.491 bits per heavy atom. The van der Waals surface area contributed by atoms with E-state index in [9.17, 15) is 9.59 Å². The Bertz CT molecular complexity index is 1590. The molecule has 290 valence electrons. The van der Waals surface area contributed by atoms with Crippen molar-refractivity contribution in [3.63, 3.8) is 0 Å². The number of carbonyl (C=O) groups is 2. The first kappa shape index (κ1) is 45.6. The average molecular weight is 719 g/mol. The summed E-state index contributed by atoms with van der Waals surface area (Å²) in [6.45, 7) is 22.2. The van der Waals surface area contributed by atoms with Crippen molar-refractivity contribution >= 4 is 11.6 Å². The summed E-state index contributed by atoms with van der Waals surface area (Å²) in [5.41, 5.74) is 12.6. The highest BCUT2D eigenvalue weighted by Crippen LogP contribution is 2.29. The van der Waals surface area contributed by atoms with E-state index in [1.54, 1.807) is 24.6 Å². The van der Waals surface area contributed by atoms with Crippen LogP contribution in [0.15, 0.2) is 117 Å². The van der Waals surface area contributed by atoms with Crippen LogP contribution in [0.5, 0.6) is 0 Å². The Labute approximate surface area is 326 Å². The summed E-state index contributed by atoms with van der Waals surface area (Å²) in [6, 6.07) is 7.16. The second-order valence-corrected chi connectivity index (χ2v) is 16.4. The zero-order valence-corrected chi connectivity index (χ0v) is 35.6. The molecule has 0 heterocycles. The van der Waals surface area contributed by atoms with Gasteiger partial charge >= 0.3 is 0 Å². The van der Waals surface area contributed by atoms with Crippen molar-refractivity contribution in [2.24, 2.45) is 5.92 Å². The number of ketones is 2. The van der Waals surface area contributed by atoms with Crippen LogP contribution in [0.4, 0.5) is 0 Å². The van der Waals surface area contributed by atoms with E-state index in [2.05, 4.69) is 105 Å². The van der Waals surface area contributed by atoms with Crippen LogP contribution in [-0.2, 0) is 0 Å². The summed E-state index contributed by atoms with van der Waals surface area (Å²) in [5.74, 6) is 0.784. The molecule has 2 nitrogen and oxygen atoms in total. The van der Waals surface area contributed by atoms with E-state index in [1.165, 1.54) is 72.0 Å². The number of rotatable bonds is 24. The maximum absolute atomic E-state index is 13.0. The van der Waals surface area contributed by atoms with Gasteiger partial charge in [0.2, 0.25) is 0 Å². The minimum absolute atomic E-state index is 0.00769. The molecule has 0 fully saturated rings. The smallest absolute Gasteiger partial charge is 0.190 e. The van der Waals surface area contributed by atoms with Crippen LogP contribution in [0.1, 0.15) is 193 Å². The van der Waals surface area contributed by atoms with E-state index in [4.69, 9.17) is 0 Å². The number of fused-ring (bicyclic) bond motifs is 1. The first-order valence-corrected chi connectivity index (χ1v) is 20.8. The summed E-state index contributed by atoms with van der Waals surface area (Å²) in [7, 11) is 0. The van der Waals surface area contributed by atoms with E-state index in [0.29, 0.717) is 28.7 Å². The molecule has 0 N–H and O–H groups in total. The monoisotopic (exact) mass is 719 g/mol. The molecule has 0 saturated heterocycles. The van der Waals surface area contributed by atoms with Crippen molar-refractivity contribution in [3.8, 4) is 0 Å². The summed E-state index contributed by atoms with van der Waals surface area (Å²) >= 11 is 0. The van der Waals surface area contributed by atoms with Crippen molar-refractivity contribution in [1.82, 2.24) is 0 Å². The fraction of sp³-hybridized carbons (Fsp3) is 0.529. The number of hydrogen-bond donors (Lipinski definition) is 0. The summed E-state index contributed by atoms with van der Waals surface area (Å²) < 4.78 is 0. The molecule has 1 aliphatic rings. The molecule has 0 aliphatic heterocycles. The molecule has 2 rings (SSSR count). The number of benzene rings is 1. The third-order valence-electron chi connectivity index (χ3n) is 10.7. The number of carbonyl (C=O) groups excluding carboxylic acids is 2. The van der Waals surface area contributed by atoms with Crippen LogP contribution in [0.25, 0.3) is 0 Å². The molecular weight excluding hydrogens is 645 g/mol. The van der Waals surface area contributed by atoms with Crippen LogP contribution in [-0.4, -0.2) is 11.6 Å². The largest absolute Gasteiger partial charge is 0.289 e. The van der Waals surface area contributed by atoms with Gasteiger partial charge in [0.15, 0.2) is 11.6 Å². The molecule has 1 aliphatic carbocycles. The van der Waals surface area contributed by atoms with Gasteiger partial charge in [-0.1, -0.05) is 126 Å². The van der Waals surface area contributed by atoms with Gasteiger partial charge in [0.05, 0.1) is 0 Å². The number of allylic oxidation sites excluding steroid dienone is 16. The van der Waals surface area contributed by atoms with Crippen LogP contribution in [0.3, 0.4) is 0 Å². The maximum Gasteiger partial charge on any atom is 0.190 e. The molecule has 1 aromatic carbocycles. The SMILES string of the molecule is CC1=C(C/C=C(\C)CC/C=C(\C)CC/C=C(\C)CC/C=C(\C)CC/C=C(\C)CC/C=C(\C)CC/C=C(\C)CCCC(C)C)C(=O)c2ccccc2C1=O. The van der Waals surface area contributed by atoms with Crippen molar-refractivity contribution in [2.45, 2.75) is 172 Å². The highest BCUT2D eigenvalue weighted by atomic mass is 16.1. The quantitative estimate of drug-likeness (QED) is 0.0997. The van der Waals surface area contributed by atoms with E-state index >= 15 is 0 Å². The lowest BCUT2D eigenvalue weighted by atomic mass is 9.83. The zero-order chi connectivity index (χ0) is 39.2. The average Bonchev–Trinajstić information content (AvgIpc) is 3.10. The van der Waals surface area contributed by atoms with Crippen molar-refractivity contribution in [2.75, 3.05) is 0 Å². The maximum atomic E-state index is 13.0. The molecule has 0 bridgehead atoms. The van der Waals surface area contributed by atoms with Crippen molar-refractivity contribution in [3.05, 3.63) is 128 Å². The number of hydrogen-bond acceptors (Lipinski definition) is 2.